The average molecular weight is 337 g/mol. The van der Waals surface area contributed by atoms with Crippen molar-refractivity contribution < 1.29 is 0 Å². The molecule has 0 spiro atoms. The van der Waals surface area contributed by atoms with E-state index in [1.54, 1.807) is 0 Å². The number of fused-ring (bicyclic) bond motifs is 1. The van der Waals surface area contributed by atoms with E-state index >= 15 is 0 Å². The first kappa shape index (κ1) is 13.0. The average Bonchev–Trinajstić information content (AvgIpc) is 2.79. The Morgan fingerprint density at radius 3 is 2.95 bits per heavy atom. The standard InChI is InChI=1S/C16H15BrClN/c1-10-5-7-14(18)16(9-10)19-15-8-6-11-12(15)3-2-4-13(11)17/h2-5,7,9,15,19H,6,8H2,1H3. The van der Waals surface area contributed by atoms with Gasteiger partial charge in [-0.05, 0) is 54.7 Å². The Morgan fingerprint density at radius 1 is 1.26 bits per heavy atom. The molecule has 0 radical (unpaired) electrons. The normalized spacial score (nSPS) is 17.3. The molecule has 1 aliphatic rings. The molecule has 0 saturated carbocycles. The lowest BCUT2D eigenvalue weighted by molar-refractivity contribution is 0.762. The topological polar surface area (TPSA) is 12.0 Å². The van der Waals surface area contributed by atoms with Gasteiger partial charge in [-0.2, -0.15) is 0 Å². The van der Waals surface area contributed by atoms with E-state index in [9.17, 15) is 0 Å². The van der Waals surface area contributed by atoms with Gasteiger partial charge in [0.05, 0.1) is 16.8 Å². The molecule has 0 aromatic heterocycles. The number of hydrogen-bond donors (Lipinski definition) is 1. The van der Waals surface area contributed by atoms with E-state index in [1.807, 2.05) is 12.1 Å². The molecule has 3 heteroatoms. The van der Waals surface area contributed by atoms with Crippen molar-refractivity contribution in [1.29, 1.82) is 0 Å². The summed E-state index contributed by atoms with van der Waals surface area (Å²) in [5.74, 6) is 0. The molecule has 98 valence electrons. The van der Waals surface area contributed by atoms with Crippen LogP contribution >= 0.6 is 27.5 Å². The molecule has 1 N–H and O–H groups in total. The minimum Gasteiger partial charge on any atom is -0.377 e. The summed E-state index contributed by atoms with van der Waals surface area (Å²) in [4.78, 5) is 0. The van der Waals surface area contributed by atoms with Gasteiger partial charge >= 0.3 is 0 Å². The molecule has 2 aromatic rings. The number of rotatable bonds is 2. The Bertz CT molecular complexity index is 624. The molecule has 0 amide bonds. The molecular weight excluding hydrogens is 322 g/mol. The van der Waals surface area contributed by atoms with Crippen molar-refractivity contribution in [3.63, 3.8) is 0 Å². The lowest BCUT2D eigenvalue weighted by atomic mass is 10.1. The van der Waals surface area contributed by atoms with Crippen molar-refractivity contribution in [2.24, 2.45) is 0 Å². The zero-order valence-corrected chi connectivity index (χ0v) is 13.1. The summed E-state index contributed by atoms with van der Waals surface area (Å²) < 4.78 is 1.21. The molecule has 1 aliphatic carbocycles. The highest BCUT2D eigenvalue weighted by Gasteiger charge is 2.24. The number of anilines is 1. The molecule has 1 unspecified atom stereocenters. The van der Waals surface area contributed by atoms with Gasteiger partial charge in [0.2, 0.25) is 0 Å². The zero-order valence-electron chi connectivity index (χ0n) is 10.7. The number of aryl methyl sites for hydroxylation is 1. The third-order valence-corrected chi connectivity index (χ3v) is 4.74. The molecule has 0 saturated heterocycles. The molecular formula is C16H15BrClN. The van der Waals surface area contributed by atoms with Crippen LogP contribution in [-0.2, 0) is 6.42 Å². The van der Waals surface area contributed by atoms with E-state index in [-0.39, 0.29) is 0 Å². The quantitative estimate of drug-likeness (QED) is 0.762. The van der Waals surface area contributed by atoms with Crippen molar-refractivity contribution in [3.8, 4) is 0 Å². The Morgan fingerprint density at radius 2 is 2.11 bits per heavy atom. The second-order valence-corrected chi connectivity index (χ2v) is 6.29. The van der Waals surface area contributed by atoms with E-state index in [4.69, 9.17) is 11.6 Å². The molecule has 0 bridgehead atoms. The monoisotopic (exact) mass is 335 g/mol. The van der Waals surface area contributed by atoms with Crippen LogP contribution in [0.1, 0.15) is 29.2 Å². The molecule has 3 rings (SSSR count). The summed E-state index contributed by atoms with van der Waals surface area (Å²) in [5.41, 5.74) is 5.05. The van der Waals surface area contributed by atoms with Crippen LogP contribution in [0.15, 0.2) is 40.9 Å². The Balaban J connectivity index is 1.91. The first-order chi connectivity index (χ1) is 9.15. The molecule has 0 fully saturated rings. The molecule has 0 heterocycles. The minimum absolute atomic E-state index is 0.354. The van der Waals surface area contributed by atoms with E-state index in [0.717, 1.165) is 23.6 Å². The number of halogens is 2. The maximum atomic E-state index is 6.26. The smallest absolute Gasteiger partial charge is 0.0637 e. The summed E-state index contributed by atoms with van der Waals surface area (Å²) in [6.45, 7) is 2.08. The van der Waals surface area contributed by atoms with E-state index < -0.39 is 0 Å². The number of benzene rings is 2. The Hall–Kier alpha value is -0.990. The van der Waals surface area contributed by atoms with Gasteiger partial charge in [0.25, 0.3) is 0 Å². The predicted octanol–water partition coefficient (Wildman–Crippen LogP) is 5.51. The van der Waals surface area contributed by atoms with Crippen molar-refractivity contribution in [3.05, 3.63) is 62.6 Å². The van der Waals surface area contributed by atoms with Crippen LogP contribution in [0.2, 0.25) is 5.02 Å². The maximum Gasteiger partial charge on any atom is 0.0637 e. The third kappa shape index (κ3) is 2.52. The third-order valence-electron chi connectivity index (χ3n) is 3.67. The van der Waals surface area contributed by atoms with Crippen molar-refractivity contribution >= 4 is 33.2 Å². The Labute approximate surface area is 127 Å². The van der Waals surface area contributed by atoms with Crippen molar-refractivity contribution in [2.75, 3.05) is 5.32 Å². The summed E-state index contributed by atoms with van der Waals surface area (Å²) in [6, 6.07) is 12.9. The summed E-state index contributed by atoms with van der Waals surface area (Å²) >= 11 is 9.89. The molecule has 1 atom stereocenters. The van der Waals surface area contributed by atoms with Gasteiger partial charge in [0, 0.05) is 4.47 Å². The second-order valence-electron chi connectivity index (χ2n) is 5.03. The lowest BCUT2D eigenvalue weighted by Gasteiger charge is -2.17. The van der Waals surface area contributed by atoms with Crippen molar-refractivity contribution in [1.82, 2.24) is 0 Å². The van der Waals surface area contributed by atoms with Gasteiger partial charge in [-0.25, -0.2) is 0 Å². The fraction of sp³-hybridized carbons (Fsp3) is 0.250. The van der Waals surface area contributed by atoms with E-state index in [1.165, 1.54) is 21.2 Å². The summed E-state index contributed by atoms with van der Waals surface area (Å²) in [7, 11) is 0. The largest absolute Gasteiger partial charge is 0.377 e. The zero-order chi connectivity index (χ0) is 13.4. The Kier molecular flexibility index (Phi) is 3.55. The van der Waals surface area contributed by atoms with Crippen LogP contribution in [-0.4, -0.2) is 0 Å². The van der Waals surface area contributed by atoms with E-state index in [0.29, 0.717) is 6.04 Å². The molecule has 1 nitrogen and oxygen atoms in total. The van der Waals surface area contributed by atoms with Gasteiger partial charge in [-0.3, -0.25) is 0 Å². The van der Waals surface area contributed by atoms with Gasteiger partial charge in [0.15, 0.2) is 0 Å². The van der Waals surface area contributed by atoms with Crippen LogP contribution in [0, 0.1) is 6.92 Å². The molecule has 2 aromatic carbocycles. The number of nitrogens with one attached hydrogen (secondary N) is 1. The SMILES string of the molecule is Cc1ccc(Cl)c(NC2CCc3c(Br)cccc32)c1. The van der Waals surface area contributed by atoms with Crippen LogP contribution in [0.5, 0.6) is 0 Å². The lowest BCUT2D eigenvalue weighted by Crippen LogP contribution is -2.07. The van der Waals surface area contributed by atoms with Gasteiger partial charge in [-0.15, -0.1) is 0 Å². The highest BCUT2D eigenvalue weighted by atomic mass is 79.9. The highest BCUT2D eigenvalue weighted by molar-refractivity contribution is 9.10. The van der Waals surface area contributed by atoms with Crippen LogP contribution in [0.3, 0.4) is 0 Å². The first-order valence-electron chi connectivity index (χ1n) is 6.45. The van der Waals surface area contributed by atoms with E-state index in [2.05, 4.69) is 52.4 Å². The van der Waals surface area contributed by atoms with Crippen LogP contribution < -0.4 is 5.32 Å². The maximum absolute atomic E-state index is 6.26. The fourth-order valence-corrected chi connectivity index (χ4v) is 3.45. The van der Waals surface area contributed by atoms with Crippen LogP contribution in [0.25, 0.3) is 0 Å². The minimum atomic E-state index is 0.354. The fourth-order valence-electron chi connectivity index (χ4n) is 2.70. The summed E-state index contributed by atoms with van der Waals surface area (Å²) in [5, 5.41) is 4.37. The van der Waals surface area contributed by atoms with Gasteiger partial charge in [-0.1, -0.05) is 45.7 Å². The second kappa shape index (κ2) is 5.18. The van der Waals surface area contributed by atoms with Gasteiger partial charge in [0.1, 0.15) is 0 Å². The molecule has 0 aliphatic heterocycles. The van der Waals surface area contributed by atoms with Crippen molar-refractivity contribution in [2.45, 2.75) is 25.8 Å². The summed E-state index contributed by atoms with van der Waals surface area (Å²) in [6.07, 6.45) is 2.22. The molecule has 19 heavy (non-hydrogen) atoms. The highest BCUT2D eigenvalue weighted by Crippen LogP contribution is 2.38. The first-order valence-corrected chi connectivity index (χ1v) is 7.62. The number of hydrogen-bond acceptors (Lipinski definition) is 1. The van der Waals surface area contributed by atoms with Gasteiger partial charge < -0.3 is 5.32 Å². The predicted molar refractivity (Wildman–Crippen MR) is 85.0 cm³/mol. The van der Waals surface area contributed by atoms with Crippen LogP contribution in [0.4, 0.5) is 5.69 Å².